The predicted molar refractivity (Wildman–Crippen MR) is 64.7 cm³/mol. The molecule has 0 bridgehead atoms. The van der Waals surface area contributed by atoms with Gasteiger partial charge in [0.15, 0.2) is 0 Å². The fourth-order valence-electron chi connectivity index (χ4n) is 2.34. The molecule has 1 N–H and O–H groups in total. The lowest BCUT2D eigenvalue weighted by molar-refractivity contribution is 0.185. The van der Waals surface area contributed by atoms with Crippen LogP contribution in [0.15, 0.2) is 22.8 Å². The van der Waals surface area contributed by atoms with E-state index in [1.54, 1.807) is 0 Å². The first kappa shape index (κ1) is 10.7. The third-order valence-corrected chi connectivity index (χ3v) is 3.46. The van der Waals surface area contributed by atoms with Gasteiger partial charge in [-0.25, -0.2) is 4.63 Å². The van der Waals surface area contributed by atoms with Crippen LogP contribution in [0.1, 0.15) is 18.5 Å². The Morgan fingerprint density at radius 3 is 2.82 bits per heavy atom. The largest absolute Gasteiger partial charge is 0.314 e. The predicted octanol–water partition coefficient (Wildman–Crippen LogP) is 1.19. The highest BCUT2D eigenvalue weighted by Gasteiger charge is 2.18. The lowest BCUT2D eigenvalue weighted by Crippen LogP contribution is -2.44. The summed E-state index contributed by atoms with van der Waals surface area (Å²) in [4.78, 5) is 2.48. The molecule has 0 radical (unpaired) electrons. The molecule has 1 fully saturated rings. The second-order valence-corrected chi connectivity index (χ2v) is 4.47. The van der Waals surface area contributed by atoms with Crippen LogP contribution >= 0.6 is 0 Å². The summed E-state index contributed by atoms with van der Waals surface area (Å²) in [6, 6.07) is 6.57. The number of nitrogens with zero attached hydrogens (tertiary/aromatic N) is 3. The smallest absolute Gasteiger partial charge is 0.135 e. The minimum Gasteiger partial charge on any atom is -0.314 e. The van der Waals surface area contributed by atoms with Gasteiger partial charge in [-0.15, -0.1) is 0 Å². The monoisotopic (exact) mass is 232 g/mol. The zero-order valence-corrected chi connectivity index (χ0v) is 9.89. The van der Waals surface area contributed by atoms with Crippen molar-refractivity contribution in [3.8, 4) is 0 Å². The van der Waals surface area contributed by atoms with Gasteiger partial charge in [0.1, 0.15) is 11.0 Å². The third-order valence-electron chi connectivity index (χ3n) is 3.46. The number of piperazine rings is 1. The summed E-state index contributed by atoms with van der Waals surface area (Å²) in [6.07, 6.45) is 0. The summed E-state index contributed by atoms with van der Waals surface area (Å²) in [5.41, 5.74) is 2.93. The molecular formula is C12H16N4O. The van der Waals surface area contributed by atoms with E-state index in [9.17, 15) is 0 Å². The summed E-state index contributed by atoms with van der Waals surface area (Å²) in [5, 5.41) is 11.1. The number of hydrogen-bond donors (Lipinski definition) is 1. The van der Waals surface area contributed by atoms with Crippen LogP contribution in [-0.4, -0.2) is 41.4 Å². The summed E-state index contributed by atoms with van der Waals surface area (Å²) in [5.74, 6) is 0. The number of rotatable bonds is 2. The molecule has 1 atom stereocenters. The number of nitrogens with one attached hydrogen (secondary N) is 1. The van der Waals surface area contributed by atoms with E-state index in [2.05, 4.69) is 39.6 Å². The Balaban J connectivity index is 1.86. The van der Waals surface area contributed by atoms with Crippen LogP contribution in [0.4, 0.5) is 0 Å². The van der Waals surface area contributed by atoms with E-state index in [0.717, 1.165) is 37.2 Å². The fraction of sp³-hybridized carbons (Fsp3) is 0.500. The Kier molecular flexibility index (Phi) is 2.78. The Morgan fingerprint density at radius 2 is 2.00 bits per heavy atom. The maximum absolute atomic E-state index is 4.72. The van der Waals surface area contributed by atoms with E-state index in [0.29, 0.717) is 6.04 Å². The van der Waals surface area contributed by atoms with Gasteiger partial charge in [-0.2, -0.15) is 0 Å². The molecule has 5 nitrogen and oxygen atoms in total. The molecule has 3 rings (SSSR count). The van der Waals surface area contributed by atoms with Gasteiger partial charge in [0.25, 0.3) is 0 Å². The Labute approximate surface area is 99.7 Å². The molecule has 17 heavy (non-hydrogen) atoms. The van der Waals surface area contributed by atoms with Crippen LogP contribution in [-0.2, 0) is 0 Å². The third kappa shape index (κ3) is 2.03. The van der Waals surface area contributed by atoms with Gasteiger partial charge in [-0.3, -0.25) is 4.90 Å². The number of hydrogen-bond acceptors (Lipinski definition) is 5. The summed E-state index contributed by atoms with van der Waals surface area (Å²) in [6.45, 7) is 6.56. The Morgan fingerprint density at radius 1 is 1.24 bits per heavy atom. The average Bonchev–Trinajstić information content (AvgIpc) is 2.86. The minimum atomic E-state index is 0.415. The van der Waals surface area contributed by atoms with E-state index < -0.39 is 0 Å². The standard InChI is InChI=1S/C12H16N4O/c1-9(16-6-4-13-5-7-16)10-2-3-11-12(8-10)15-17-14-11/h2-3,8-9,13H,4-7H2,1H3. The van der Waals surface area contributed by atoms with Crippen molar-refractivity contribution in [1.82, 2.24) is 20.5 Å². The highest BCUT2D eigenvalue weighted by atomic mass is 16.6. The van der Waals surface area contributed by atoms with E-state index in [-0.39, 0.29) is 0 Å². The number of fused-ring (bicyclic) bond motifs is 1. The molecular weight excluding hydrogens is 216 g/mol. The zero-order valence-electron chi connectivity index (χ0n) is 9.89. The molecule has 1 saturated heterocycles. The van der Waals surface area contributed by atoms with Crippen molar-refractivity contribution in [1.29, 1.82) is 0 Å². The number of aromatic nitrogens is 2. The van der Waals surface area contributed by atoms with E-state index >= 15 is 0 Å². The molecule has 0 amide bonds. The molecule has 5 heteroatoms. The molecule has 1 aliphatic rings. The van der Waals surface area contributed by atoms with Crippen LogP contribution in [0.25, 0.3) is 11.0 Å². The van der Waals surface area contributed by atoms with Gasteiger partial charge in [0.2, 0.25) is 0 Å². The quantitative estimate of drug-likeness (QED) is 0.843. The molecule has 1 aromatic heterocycles. The fourth-order valence-corrected chi connectivity index (χ4v) is 2.34. The maximum atomic E-state index is 4.72. The van der Waals surface area contributed by atoms with Crippen LogP contribution in [0.2, 0.25) is 0 Å². The molecule has 0 saturated carbocycles. The van der Waals surface area contributed by atoms with Crippen molar-refractivity contribution in [2.24, 2.45) is 0 Å². The lowest BCUT2D eigenvalue weighted by atomic mass is 10.1. The maximum Gasteiger partial charge on any atom is 0.135 e. The first-order valence-corrected chi connectivity index (χ1v) is 6.01. The summed E-state index contributed by atoms with van der Waals surface area (Å²) in [7, 11) is 0. The molecule has 0 spiro atoms. The van der Waals surface area contributed by atoms with Crippen molar-refractivity contribution in [2.75, 3.05) is 26.2 Å². The van der Waals surface area contributed by atoms with Gasteiger partial charge in [0.05, 0.1) is 0 Å². The molecule has 2 heterocycles. The highest BCUT2D eigenvalue weighted by Crippen LogP contribution is 2.23. The van der Waals surface area contributed by atoms with Gasteiger partial charge >= 0.3 is 0 Å². The Bertz CT molecular complexity index is 504. The van der Waals surface area contributed by atoms with Crippen LogP contribution in [0.5, 0.6) is 0 Å². The minimum absolute atomic E-state index is 0.415. The molecule has 90 valence electrons. The highest BCUT2D eigenvalue weighted by molar-refractivity contribution is 5.73. The van der Waals surface area contributed by atoms with E-state index in [4.69, 9.17) is 4.63 Å². The summed E-state index contributed by atoms with van der Waals surface area (Å²) >= 11 is 0. The van der Waals surface area contributed by atoms with Crippen LogP contribution < -0.4 is 5.32 Å². The SMILES string of the molecule is CC(c1ccc2nonc2c1)N1CCNCC1. The van der Waals surface area contributed by atoms with Crippen molar-refractivity contribution >= 4 is 11.0 Å². The molecule has 1 aliphatic heterocycles. The normalized spacial score (nSPS) is 19.6. The number of benzene rings is 1. The zero-order chi connectivity index (χ0) is 11.7. The lowest BCUT2D eigenvalue weighted by Gasteiger charge is -2.33. The van der Waals surface area contributed by atoms with Gasteiger partial charge < -0.3 is 5.32 Å². The second-order valence-electron chi connectivity index (χ2n) is 4.47. The van der Waals surface area contributed by atoms with Crippen LogP contribution in [0.3, 0.4) is 0 Å². The second kappa shape index (κ2) is 4.43. The van der Waals surface area contributed by atoms with Crippen LogP contribution in [0, 0.1) is 0 Å². The van der Waals surface area contributed by atoms with Crippen molar-refractivity contribution in [2.45, 2.75) is 13.0 Å². The van der Waals surface area contributed by atoms with Gasteiger partial charge in [0, 0.05) is 32.2 Å². The van der Waals surface area contributed by atoms with Gasteiger partial charge in [-0.05, 0) is 34.9 Å². The van der Waals surface area contributed by atoms with Gasteiger partial charge in [-0.1, -0.05) is 6.07 Å². The molecule has 1 unspecified atom stereocenters. The molecule has 2 aromatic rings. The van der Waals surface area contributed by atoms with E-state index in [1.165, 1.54) is 5.56 Å². The Hall–Kier alpha value is -1.46. The topological polar surface area (TPSA) is 54.2 Å². The summed E-state index contributed by atoms with van der Waals surface area (Å²) < 4.78 is 4.72. The van der Waals surface area contributed by atoms with Crippen molar-refractivity contribution in [3.63, 3.8) is 0 Å². The van der Waals surface area contributed by atoms with Crippen molar-refractivity contribution in [3.05, 3.63) is 23.8 Å². The van der Waals surface area contributed by atoms with E-state index in [1.807, 2.05) is 6.07 Å². The first-order valence-electron chi connectivity index (χ1n) is 6.01. The first-order chi connectivity index (χ1) is 8.34. The average molecular weight is 232 g/mol. The molecule has 1 aromatic carbocycles. The van der Waals surface area contributed by atoms with Crippen molar-refractivity contribution < 1.29 is 4.63 Å². The molecule has 0 aliphatic carbocycles.